The molecule has 6 unspecified atom stereocenters. The Kier molecular flexibility index (Phi) is 7.88. The smallest absolute Gasteiger partial charge is 0.155 e. The highest BCUT2D eigenvalue weighted by atomic mass is 15.2. The Bertz CT molecular complexity index is 2260. The maximum absolute atomic E-state index is 5.38. The minimum atomic E-state index is -0.228. The number of rotatable bonds is 5. The molecule has 2 aromatic carbocycles. The number of hydrogen-bond acceptors (Lipinski definition) is 4. The Balaban J connectivity index is 1.19. The van der Waals surface area contributed by atoms with E-state index >= 15 is 0 Å². The summed E-state index contributed by atoms with van der Waals surface area (Å²) in [6.45, 7) is 4.39. The first-order chi connectivity index (χ1) is 24.6. The molecule has 6 atom stereocenters. The van der Waals surface area contributed by atoms with Crippen molar-refractivity contribution < 1.29 is 0 Å². The topological polar surface area (TPSA) is 49.1 Å². The molecule has 2 heterocycles. The van der Waals surface area contributed by atoms with Crippen LogP contribution in [0.25, 0.3) is 11.6 Å². The summed E-state index contributed by atoms with van der Waals surface area (Å²) in [6.07, 6.45) is 36.9. The summed E-state index contributed by atoms with van der Waals surface area (Å²) in [4.78, 5) is 15.7. The maximum Gasteiger partial charge on any atom is 0.155 e. The van der Waals surface area contributed by atoms with Crippen molar-refractivity contribution in [2.45, 2.75) is 39.3 Å². The Hall–Kier alpha value is -5.35. The lowest BCUT2D eigenvalue weighted by Gasteiger charge is -2.36. The average Bonchev–Trinajstić information content (AvgIpc) is 3.17. The van der Waals surface area contributed by atoms with Gasteiger partial charge in [-0.15, -0.1) is 0 Å². The second-order valence-electron chi connectivity index (χ2n) is 14.5. The second kappa shape index (κ2) is 12.8. The normalized spacial score (nSPS) is 29.1. The Morgan fingerprint density at radius 2 is 1.74 bits per heavy atom. The first-order valence-corrected chi connectivity index (χ1v) is 18.2. The Morgan fingerprint density at radius 3 is 2.62 bits per heavy atom. The number of aliphatic imine (C=N–C) groups is 3. The van der Waals surface area contributed by atoms with Crippen LogP contribution in [0.1, 0.15) is 43.5 Å². The molecule has 2 aromatic rings. The molecule has 0 bridgehead atoms. The van der Waals surface area contributed by atoms with Crippen LogP contribution in [0.3, 0.4) is 0 Å². The third-order valence-corrected chi connectivity index (χ3v) is 11.1. The summed E-state index contributed by atoms with van der Waals surface area (Å²) in [5.41, 5.74) is 9.70. The van der Waals surface area contributed by atoms with E-state index in [2.05, 4.69) is 153 Å². The van der Waals surface area contributed by atoms with E-state index < -0.39 is 0 Å². The summed E-state index contributed by atoms with van der Waals surface area (Å²) in [7, 11) is 0. The van der Waals surface area contributed by atoms with E-state index in [-0.39, 0.29) is 18.0 Å². The molecule has 1 N–H and O–H groups in total. The molecule has 4 nitrogen and oxygen atoms in total. The zero-order valence-corrected chi connectivity index (χ0v) is 28.7. The number of benzene rings is 2. The highest BCUT2D eigenvalue weighted by Crippen LogP contribution is 2.43. The summed E-state index contributed by atoms with van der Waals surface area (Å²) in [6, 6.07) is 17.6. The number of allylic oxidation sites excluding steroid dienone is 14. The summed E-state index contributed by atoms with van der Waals surface area (Å²) in [5, 5.41) is 6.37. The summed E-state index contributed by atoms with van der Waals surface area (Å²) in [5.74, 6) is 3.37. The fraction of sp³-hybridized carbons (Fsp3) is 0.239. The minimum Gasteiger partial charge on any atom is -0.344 e. The molecule has 0 spiro atoms. The van der Waals surface area contributed by atoms with Crippen LogP contribution < -0.4 is 15.8 Å². The molecule has 0 aromatic heterocycles. The second-order valence-corrected chi connectivity index (χ2v) is 14.5. The van der Waals surface area contributed by atoms with Crippen LogP contribution in [-0.4, -0.2) is 17.9 Å². The van der Waals surface area contributed by atoms with Gasteiger partial charge in [0.25, 0.3) is 0 Å². The monoisotopic (exact) mass is 650 g/mol. The lowest BCUT2D eigenvalue weighted by Crippen LogP contribution is -2.39. The van der Waals surface area contributed by atoms with Crippen LogP contribution in [0.15, 0.2) is 170 Å². The number of nitrogens with one attached hydrogen (secondary N) is 1. The van der Waals surface area contributed by atoms with Gasteiger partial charge in [0.1, 0.15) is 12.0 Å². The maximum atomic E-state index is 5.38. The van der Waals surface area contributed by atoms with E-state index in [1.165, 1.54) is 38.3 Å². The Morgan fingerprint density at radius 1 is 0.840 bits per heavy atom. The van der Waals surface area contributed by atoms with Crippen molar-refractivity contribution in [1.29, 1.82) is 0 Å². The van der Waals surface area contributed by atoms with E-state index in [1.54, 1.807) is 0 Å². The van der Waals surface area contributed by atoms with Crippen LogP contribution >= 0.6 is 0 Å². The van der Waals surface area contributed by atoms with E-state index in [4.69, 9.17) is 15.0 Å². The van der Waals surface area contributed by atoms with Crippen molar-refractivity contribution in [1.82, 2.24) is 5.32 Å². The van der Waals surface area contributed by atoms with Crippen molar-refractivity contribution in [3.8, 4) is 0 Å². The van der Waals surface area contributed by atoms with Crippen molar-refractivity contribution in [2.24, 2.45) is 44.6 Å². The zero-order chi connectivity index (χ0) is 33.6. The third-order valence-electron chi connectivity index (χ3n) is 11.1. The molecule has 50 heavy (non-hydrogen) atoms. The molecule has 4 heteroatoms. The Labute approximate surface area is 295 Å². The fourth-order valence-electron chi connectivity index (χ4n) is 8.36. The number of dihydropyridines is 1. The minimum absolute atomic E-state index is 0.228. The molecule has 246 valence electrons. The van der Waals surface area contributed by atoms with Gasteiger partial charge in [-0.1, -0.05) is 134 Å². The van der Waals surface area contributed by atoms with E-state index in [9.17, 15) is 0 Å². The van der Waals surface area contributed by atoms with Gasteiger partial charge in [0.15, 0.2) is 5.84 Å². The van der Waals surface area contributed by atoms with Crippen molar-refractivity contribution in [3.05, 3.63) is 177 Å². The van der Waals surface area contributed by atoms with E-state index in [0.717, 1.165) is 47.8 Å². The molecule has 0 amide bonds. The van der Waals surface area contributed by atoms with Crippen LogP contribution in [0.2, 0.25) is 0 Å². The van der Waals surface area contributed by atoms with Gasteiger partial charge in [-0.25, -0.2) is 9.98 Å². The molecular formula is C46H42N4. The highest BCUT2D eigenvalue weighted by molar-refractivity contribution is 6.14. The average molecular weight is 651 g/mol. The largest absolute Gasteiger partial charge is 0.344 e. The van der Waals surface area contributed by atoms with E-state index in [0.29, 0.717) is 17.8 Å². The predicted molar refractivity (Wildman–Crippen MR) is 208 cm³/mol. The first kappa shape index (κ1) is 30.7. The summed E-state index contributed by atoms with van der Waals surface area (Å²) >= 11 is 0. The first-order valence-electron chi connectivity index (χ1n) is 18.2. The third kappa shape index (κ3) is 5.73. The van der Waals surface area contributed by atoms with Gasteiger partial charge in [0.05, 0.1) is 5.70 Å². The quantitative estimate of drug-likeness (QED) is 0.348. The molecular weight excluding hydrogens is 609 g/mol. The predicted octanol–water partition coefficient (Wildman–Crippen LogP) is 8.26. The number of hydrogen-bond donors (Lipinski definition) is 1. The molecule has 0 saturated heterocycles. The van der Waals surface area contributed by atoms with Crippen molar-refractivity contribution in [2.75, 3.05) is 0 Å². The standard InChI is InChI=1S/C46H42N4/c1-29-16-20-32(21-17-29)44-48-45(33-22-18-30(2)19-23-33)50-46(49-44)37-26-35(39-15-7-10-31-11-8-24-47-43(31)39)25-36(27-37)42-28-34-9-3-4-12-38(34)40-13-5-6-14-41(40)42/h3-9,11-18,20-26,28,30-31,36,41-42,44H,10,19,27H2,1-2H3,(H,48,49,50). The number of amidine groups is 2. The lowest BCUT2D eigenvalue weighted by molar-refractivity contribution is 0.440. The van der Waals surface area contributed by atoms with Crippen molar-refractivity contribution >= 4 is 29.5 Å². The highest BCUT2D eigenvalue weighted by Gasteiger charge is 2.35. The van der Waals surface area contributed by atoms with Gasteiger partial charge >= 0.3 is 0 Å². The number of fused-ring (bicyclic) bond motifs is 3. The van der Waals surface area contributed by atoms with E-state index in [1.807, 2.05) is 6.21 Å². The molecule has 9 rings (SSSR count). The molecule has 5 aliphatic carbocycles. The number of nitrogens with zero attached hydrogens (tertiary/aromatic N) is 3. The molecule has 0 fully saturated rings. The van der Waals surface area contributed by atoms with Gasteiger partial charge < -0.3 is 5.32 Å². The van der Waals surface area contributed by atoms with Crippen LogP contribution in [0.5, 0.6) is 0 Å². The molecule has 0 radical (unpaired) electrons. The SMILES string of the molecule is Cc1ccc(C2N=C(C3=CC(C4=C5N=CC=CC5CC=C4)=CC(C4C=c5ccccc5=C5C=CC=CC54)C3)N=C(C3=CCC(C)C=C3)N2)cc1. The van der Waals surface area contributed by atoms with Crippen LogP contribution in [0.4, 0.5) is 0 Å². The van der Waals surface area contributed by atoms with Crippen LogP contribution in [0, 0.1) is 36.5 Å². The van der Waals surface area contributed by atoms with Gasteiger partial charge in [-0.05, 0) is 88.8 Å². The van der Waals surface area contributed by atoms with Crippen LogP contribution in [-0.2, 0) is 0 Å². The molecule has 0 saturated carbocycles. The lowest BCUT2D eigenvalue weighted by atomic mass is 9.68. The molecule has 2 aliphatic heterocycles. The number of aryl methyl sites for hydroxylation is 1. The molecule has 7 aliphatic rings. The van der Waals surface area contributed by atoms with Gasteiger partial charge in [0, 0.05) is 29.2 Å². The van der Waals surface area contributed by atoms with Gasteiger partial charge in [-0.2, -0.15) is 0 Å². The zero-order valence-electron chi connectivity index (χ0n) is 28.7. The van der Waals surface area contributed by atoms with Crippen molar-refractivity contribution in [3.63, 3.8) is 0 Å². The van der Waals surface area contributed by atoms with Gasteiger partial charge in [0.2, 0.25) is 0 Å². The fourth-order valence-corrected chi connectivity index (χ4v) is 8.36. The summed E-state index contributed by atoms with van der Waals surface area (Å²) < 4.78 is 0. The van der Waals surface area contributed by atoms with Gasteiger partial charge in [-0.3, -0.25) is 4.99 Å².